The summed E-state index contributed by atoms with van der Waals surface area (Å²) in [5.74, 6) is 0. The third-order valence-electron chi connectivity index (χ3n) is 1.66. The van der Waals surface area contributed by atoms with Crippen LogP contribution in [0.3, 0.4) is 0 Å². The van der Waals surface area contributed by atoms with E-state index in [0.29, 0.717) is 13.2 Å². The molecule has 4 heteroatoms. The molecular weight excluding hydrogens is 154 g/mol. The van der Waals surface area contributed by atoms with Crippen LogP contribution in [-0.4, -0.2) is 49.7 Å². The summed E-state index contributed by atoms with van der Waals surface area (Å²) in [5, 5.41) is 9.01. The molecule has 0 aromatic heterocycles. The Balaban J connectivity index is 0.000000810. The monoisotopic (exact) mass is 167 g/mol. The highest BCUT2D eigenvalue weighted by molar-refractivity contribution is 4.46. The molecule has 0 saturated carbocycles. The third kappa shape index (κ3) is 2.84. The molecule has 1 aliphatic rings. The van der Waals surface area contributed by atoms with E-state index in [1.54, 1.807) is 0 Å². The topological polar surface area (TPSA) is 29.5 Å². The van der Waals surface area contributed by atoms with Gasteiger partial charge >= 0.3 is 0 Å². The van der Waals surface area contributed by atoms with Gasteiger partial charge in [-0.25, -0.2) is 0 Å². The molecule has 0 amide bonds. The van der Waals surface area contributed by atoms with Gasteiger partial charge in [0, 0.05) is 0 Å². The van der Waals surface area contributed by atoms with Gasteiger partial charge < -0.3 is 26.7 Å². The summed E-state index contributed by atoms with van der Waals surface area (Å²) in [6.45, 7) is 2.38. The minimum absolute atomic E-state index is 0. The van der Waals surface area contributed by atoms with Crippen LogP contribution in [0.25, 0.3) is 0 Å². The fourth-order valence-electron chi connectivity index (χ4n) is 1.00. The fraction of sp³-hybridized carbons (Fsp3) is 1.00. The first kappa shape index (κ1) is 10.2. The first-order valence-electron chi connectivity index (χ1n) is 3.22. The summed E-state index contributed by atoms with van der Waals surface area (Å²) in [6, 6.07) is 0. The molecule has 0 spiro atoms. The number of nitrogens with zero attached hydrogens (tertiary/aromatic N) is 1. The molecule has 0 radical (unpaired) electrons. The Kier molecular flexibility index (Phi) is 3.59. The molecule has 1 rings (SSSR count). The van der Waals surface area contributed by atoms with Crippen molar-refractivity contribution in [3.8, 4) is 0 Å². The normalized spacial score (nSPS) is 30.9. The lowest BCUT2D eigenvalue weighted by Gasteiger charge is -2.35. The maximum atomic E-state index is 9.01. The van der Waals surface area contributed by atoms with Crippen molar-refractivity contribution in [2.45, 2.75) is 6.29 Å². The van der Waals surface area contributed by atoms with Gasteiger partial charge in [-0.1, -0.05) is 0 Å². The van der Waals surface area contributed by atoms with Crippen LogP contribution < -0.4 is 12.4 Å². The van der Waals surface area contributed by atoms with Crippen LogP contribution in [0.2, 0.25) is 0 Å². The number of morpholine rings is 1. The number of quaternary nitrogens is 1. The minimum Gasteiger partial charge on any atom is -1.00 e. The molecule has 10 heavy (non-hydrogen) atoms. The van der Waals surface area contributed by atoms with E-state index in [9.17, 15) is 0 Å². The second kappa shape index (κ2) is 3.53. The van der Waals surface area contributed by atoms with Crippen LogP contribution in [0, 0.1) is 0 Å². The van der Waals surface area contributed by atoms with Gasteiger partial charge in [0.15, 0.2) is 0 Å². The molecule has 3 nitrogen and oxygen atoms in total. The smallest absolute Gasteiger partial charge is 0.205 e. The first-order valence-corrected chi connectivity index (χ1v) is 3.22. The number of aliphatic hydroxyl groups is 1. The number of rotatable bonds is 0. The van der Waals surface area contributed by atoms with Crippen molar-refractivity contribution in [1.82, 2.24) is 0 Å². The largest absolute Gasteiger partial charge is 1.00 e. The number of aliphatic hydroxyl groups excluding tert-OH is 1. The van der Waals surface area contributed by atoms with Crippen molar-refractivity contribution in [3.63, 3.8) is 0 Å². The van der Waals surface area contributed by atoms with Crippen molar-refractivity contribution >= 4 is 0 Å². The maximum absolute atomic E-state index is 9.01. The van der Waals surface area contributed by atoms with Crippen molar-refractivity contribution in [2.24, 2.45) is 0 Å². The van der Waals surface area contributed by atoms with E-state index in [-0.39, 0.29) is 12.4 Å². The lowest BCUT2D eigenvalue weighted by molar-refractivity contribution is -0.905. The number of halogens is 1. The lowest BCUT2D eigenvalue weighted by atomic mass is 10.4. The van der Waals surface area contributed by atoms with Crippen LogP contribution >= 0.6 is 0 Å². The predicted molar refractivity (Wildman–Crippen MR) is 33.8 cm³/mol. The SMILES string of the molecule is C[N+]1(C)CCO[C@H](O)C1.[Cl-]. The predicted octanol–water partition coefficient (Wildman–Crippen LogP) is -3.58. The quantitative estimate of drug-likeness (QED) is 0.378. The number of hydrogen-bond donors (Lipinski definition) is 1. The zero-order valence-electron chi connectivity index (χ0n) is 6.38. The van der Waals surface area contributed by atoms with Gasteiger partial charge in [-0.05, 0) is 0 Å². The Bertz CT molecular complexity index is 108. The van der Waals surface area contributed by atoms with Crippen molar-refractivity contribution in [3.05, 3.63) is 0 Å². The third-order valence-corrected chi connectivity index (χ3v) is 1.66. The summed E-state index contributed by atoms with van der Waals surface area (Å²) < 4.78 is 5.82. The molecule has 1 fully saturated rings. The Hall–Kier alpha value is 0.170. The van der Waals surface area contributed by atoms with E-state index >= 15 is 0 Å². The molecule has 1 saturated heterocycles. The molecular formula is C6H14ClNO2. The molecule has 0 aromatic carbocycles. The molecule has 0 aliphatic carbocycles. The molecule has 1 atom stereocenters. The molecule has 1 N–H and O–H groups in total. The summed E-state index contributed by atoms with van der Waals surface area (Å²) in [4.78, 5) is 0. The highest BCUT2D eigenvalue weighted by Crippen LogP contribution is 2.06. The molecule has 62 valence electrons. The zero-order chi connectivity index (χ0) is 6.91. The summed E-state index contributed by atoms with van der Waals surface area (Å²) in [5.41, 5.74) is 0. The van der Waals surface area contributed by atoms with Crippen LogP contribution in [0.15, 0.2) is 0 Å². The van der Waals surface area contributed by atoms with E-state index in [2.05, 4.69) is 14.1 Å². The second-order valence-corrected chi connectivity index (χ2v) is 3.17. The Labute approximate surface area is 67.6 Å². The standard InChI is InChI=1S/C6H14NO2.ClH/c1-7(2)3-4-9-6(8)5-7;/h6,8H,3-5H2,1-2H3;1H/q+1;/p-1/t6-;/m0./s1. The average Bonchev–Trinajstić information content (AvgIpc) is 1.60. The highest BCUT2D eigenvalue weighted by Gasteiger charge is 2.25. The number of hydrogen-bond acceptors (Lipinski definition) is 2. The molecule has 1 aliphatic heterocycles. The van der Waals surface area contributed by atoms with Gasteiger partial charge in [0.2, 0.25) is 6.29 Å². The van der Waals surface area contributed by atoms with Crippen molar-refractivity contribution in [1.29, 1.82) is 0 Å². The number of likely N-dealkylation sites (N-methyl/N-ethyl adjacent to an activating group) is 1. The second-order valence-electron chi connectivity index (χ2n) is 3.17. The lowest BCUT2D eigenvalue weighted by Crippen LogP contribution is -3.00. The molecule has 0 aromatic rings. The Morgan fingerprint density at radius 1 is 1.50 bits per heavy atom. The molecule has 0 bridgehead atoms. The van der Waals surface area contributed by atoms with E-state index in [1.807, 2.05) is 0 Å². The zero-order valence-corrected chi connectivity index (χ0v) is 7.14. The maximum Gasteiger partial charge on any atom is 0.205 e. The number of ether oxygens (including phenoxy) is 1. The van der Waals surface area contributed by atoms with E-state index in [1.165, 1.54) is 0 Å². The van der Waals surface area contributed by atoms with Gasteiger partial charge in [-0.2, -0.15) is 0 Å². The minimum atomic E-state index is -0.547. The molecule has 0 unspecified atom stereocenters. The fourth-order valence-corrected chi connectivity index (χ4v) is 1.00. The van der Waals surface area contributed by atoms with Crippen LogP contribution in [0.5, 0.6) is 0 Å². The van der Waals surface area contributed by atoms with Gasteiger partial charge in [0.25, 0.3) is 0 Å². The first-order chi connectivity index (χ1) is 4.10. The van der Waals surface area contributed by atoms with Crippen LogP contribution in [0.4, 0.5) is 0 Å². The highest BCUT2D eigenvalue weighted by atomic mass is 35.5. The van der Waals surface area contributed by atoms with Crippen molar-refractivity contribution in [2.75, 3.05) is 33.8 Å². The Morgan fingerprint density at radius 3 is 2.40 bits per heavy atom. The van der Waals surface area contributed by atoms with Crippen molar-refractivity contribution < 1.29 is 26.7 Å². The summed E-state index contributed by atoms with van der Waals surface area (Å²) in [7, 11) is 4.18. The van der Waals surface area contributed by atoms with E-state index < -0.39 is 6.29 Å². The van der Waals surface area contributed by atoms with E-state index in [0.717, 1.165) is 11.0 Å². The summed E-state index contributed by atoms with van der Waals surface area (Å²) >= 11 is 0. The van der Waals surface area contributed by atoms with Gasteiger partial charge in [0.05, 0.1) is 20.7 Å². The van der Waals surface area contributed by atoms with Crippen LogP contribution in [0.1, 0.15) is 0 Å². The van der Waals surface area contributed by atoms with E-state index in [4.69, 9.17) is 9.84 Å². The van der Waals surface area contributed by atoms with Gasteiger partial charge in [0.1, 0.15) is 13.1 Å². The molecule has 1 heterocycles. The average molecular weight is 168 g/mol. The van der Waals surface area contributed by atoms with Gasteiger partial charge in [-0.3, -0.25) is 0 Å². The van der Waals surface area contributed by atoms with Gasteiger partial charge in [-0.15, -0.1) is 0 Å². The summed E-state index contributed by atoms with van der Waals surface area (Å²) in [6.07, 6.45) is -0.547. The van der Waals surface area contributed by atoms with Crippen LogP contribution in [-0.2, 0) is 4.74 Å². The Morgan fingerprint density at radius 2 is 2.10 bits per heavy atom.